The highest BCUT2D eigenvalue weighted by atomic mass is 16.5. The van der Waals surface area contributed by atoms with Gasteiger partial charge in [-0.1, -0.05) is 30.3 Å². The maximum absolute atomic E-state index is 12.8. The van der Waals surface area contributed by atoms with Crippen LogP contribution in [0.15, 0.2) is 53.5 Å². The van der Waals surface area contributed by atoms with Gasteiger partial charge in [0.2, 0.25) is 5.91 Å². The molecule has 2 heterocycles. The summed E-state index contributed by atoms with van der Waals surface area (Å²) in [5.41, 5.74) is 7.83. The molecule has 0 saturated heterocycles. The molecule has 0 atom stereocenters. The van der Waals surface area contributed by atoms with Crippen molar-refractivity contribution in [1.82, 2.24) is 0 Å². The second-order valence-corrected chi connectivity index (χ2v) is 12.0. The molecule has 0 saturated carbocycles. The monoisotopic (exact) mass is 554 g/mol. The first-order valence-corrected chi connectivity index (χ1v) is 14.1. The molecule has 1 N–H and O–H groups in total. The molecular weight excluding hydrogens is 516 g/mol. The van der Waals surface area contributed by atoms with Crippen LogP contribution in [-0.2, 0) is 33.6 Å². The lowest BCUT2D eigenvalue weighted by Gasteiger charge is -2.33. The zero-order valence-corrected chi connectivity index (χ0v) is 24.9. The summed E-state index contributed by atoms with van der Waals surface area (Å²) in [5, 5.41) is 2.82. The Kier molecular flexibility index (Phi) is 7.41. The van der Waals surface area contributed by atoms with E-state index in [0.717, 1.165) is 50.3 Å². The molecule has 41 heavy (non-hydrogen) atoms. The number of nitrogens with zero attached hydrogens (tertiary/aromatic N) is 1. The fraction of sp³-hybridized carbons (Fsp3) is 0.382. The lowest BCUT2D eigenvalue weighted by atomic mass is 9.78. The molecule has 7 heteroatoms. The predicted octanol–water partition coefficient (Wildman–Crippen LogP) is 6.31. The van der Waals surface area contributed by atoms with Gasteiger partial charge in [0.05, 0.1) is 31.4 Å². The molecule has 0 aromatic heterocycles. The number of benzene rings is 3. The van der Waals surface area contributed by atoms with Gasteiger partial charge in [0.15, 0.2) is 11.5 Å². The van der Waals surface area contributed by atoms with Gasteiger partial charge in [0.1, 0.15) is 5.60 Å². The summed E-state index contributed by atoms with van der Waals surface area (Å²) >= 11 is 0. The van der Waals surface area contributed by atoms with E-state index in [9.17, 15) is 9.59 Å². The van der Waals surface area contributed by atoms with Crippen molar-refractivity contribution >= 4 is 23.3 Å². The Bertz CT molecular complexity index is 1550. The Morgan fingerprint density at radius 3 is 2.34 bits per heavy atom. The number of hydrogen-bond acceptors (Lipinski definition) is 6. The minimum absolute atomic E-state index is 0.0977. The molecule has 3 aromatic rings. The van der Waals surface area contributed by atoms with Gasteiger partial charge in [-0.2, -0.15) is 0 Å². The summed E-state index contributed by atoms with van der Waals surface area (Å²) in [6.07, 6.45) is 1.46. The minimum atomic E-state index is -0.429. The van der Waals surface area contributed by atoms with Gasteiger partial charge in [0.25, 0.3) is 0 Å². The largest absolute Gasteiger partial charge is 0.493 e. The number of hydrogen-bond donors (Lipinski definition) is 1. The highest BCUT2D eigenvalue weighted by molar-refractivity contribution is 6.17. The highest BCUT2D eigenvalue weighted by Gasteiger charge is 2.42. The Morgan fingerprint density at radius 1 is 0.976 bits per heavy atom. The number of anilines is 1. The zero-order chi connectivity index (χ0) is 29.5. The molecule has 0 unspecified atom stereocenters. The van der Waals surface area contributed by atoms with Crippen LogP contribution in [0, 0.1) is 0 Å². The number of rotatable bonds is 7. The molecule has 0 fully saturated rings. The van der Waals surface area contributed by atoms with Crippen molar-refractivity contribution in [2.45, 2.75) is 71.9 Å². The van der Waals surface area contributed by atoms with E-state index in [4.69, 9.17) is 19.2 Å². The van der Waals surface area contributed by atoms with Crippen LogP contribution in [-0.4, -0.2) is 42.4 Å². The molecular formula is C34H38N2O5. The van der Waals surface area contributed by atoms with Crippen LogP contribution in [0.2, 0.25) is 0 Å². The van der Waals surface area contributed by atoms with E-state index in [1.165, 1.54) is 6.92 Å². The van der Waals surface area contributed by atoms with Gasteiger partial charge < -0.3 is 19.5 Å². The van der Waals surface area contributed by atoms with Crippen molar-refractivity contribution in [2.24, 2.45) is 4.99 Å². The summed E-state index contributed by atoms with van der Waals surface area (Å²) in [6.45, 7) is 12.0. The minimum Gasteiger partial charge on any atom is -0.493 e. The Morgan fingerprint density at radius 2 is 1.68 bits per heavy atom. The van der Waals surface area contributed by atoms with Gasteiger partial charge in [-0.05, 0) is 75.9 Å². The summed E-state index contributed by atoms with van der Waals surface area (Å²) < 4.78 is 17.8. The van der Waals surface area contributed by atoms with Crippen molar-refractivity contribution < 1.29 is 23.8 Å². The molecule has 0 radical (unpaired) electrons. The van der Waals surface area contributed by atoms with Gasteiger partial charge >= 0.3 is 5.97 Å². The summed E-state index contributed by atoms with van der Waals surface area (Å²) in [6, 6.07) is 16.2. The Labute approximate surface area is 241 Å². The standard InChI is InChI=1S/C34H38N2O5/c1-8-40-28(38)17-25-26-18-33(3,4)36-30(29(26)27-19-34(5,6)41-32(27)31(25)39-7)23-11-9-10-22(16-23)21-12-14-24(15-13-21)35-20(2)37/h9-16H,8,17-19H2,1-7H3,(H,35,37). The van der Waals surface area contributed by atoms with E-state index in [-0.39, 0.29) is 18.3 Å². The first-order chi connectivity index (χ1) is 19.4. The van der Waals surface area contributed by atoms with Crippen molar-refractivity contribution in [2.75, 3.05) is 19.0 Å². The van der Waals surface area contributed by atoms with Crippen LogP contribution in [0.3, 0.4) is 0 Å². The number of ether oxygens (including phenoxy) is 3. The smallest absolute Gasteiger partial charge is 0.310 e. The van der Waals surface area contributed by atoms with Crippen LogP contribution >= 0.6 is 0 Å². The number of carbonyl (C=O) groups excluding carboxylic acids is 2. The van der Waals surface area contributed by atoms with Gasteiger partial charge in [-0.15, -0.1) is 0 Å². The SMILES string of the molecule is CCOC(=O)Cc1c2c(c3c(c1OC)OC(C)(C)C3)C(c1cccc(-c3ccc(NC(C)=O)cc3)c1)=NC(C)(C)C2. The number of fused-ring (bicyclic) bond motifs is 3. The number of carbonyl (C=O) groups is 2. The zero-order valence-electron chi connectivity index (χ0n) is 24.9. The van der Waals surface area contributed by atoms with E-state index in [0.29, 0.717) is 30.9 Å². The molecule has 0 bridgehead atoms. The molecule has 1 amide bonds. The molecule has 0 aliphatic carbocycles. The number of amides is 1. The third-order valence-corrected chi connectivity index (χ3v) is 7.47. The molecule has 5 rings (SSSR count). The second kappa shape index (κ2) is 10.7. The fourth-order valence-electron chi connectivity index (χ4n) is 5.95. The van der Waals surface area contributed by atoms with Crippen LogP contribution < -0.4 is 14.8 Å². The summed E-state index contributed by atoms with van der Waals surface area (Å²) in [4.78, 5) is 29.6. The van der Waals surface area contributed by atoms with E-state index < -0.39 is 11.1 Å². The third kappa shape index (κ3) is 5.71. The average Bonchev–Trinajstić information content (AvgIpc) is 3.22. The van der Waals surface area contributed by atoms with Gasteiger partial charge in [0, 0.05) is 41.3 Å². The number of aliphatic imine (C=N–C) groups is 1. The van der Waals surface area contributed by atoms with Gasteiger partial charge in [-0.3, -0.25) is 14.6 Å². The predicted molar refractivity (Wildman–Crippen MR) is 161 cm³/mol. The maximum atomic E-state index is 12.8. The van der Waals surface area contributed by atoms with E-state index in [1.54, 1.807) is 7.11 Å². The van der Waals surface area contributed by atoms with Crippen LogP contribution in [0.1, 0.15) is 69.4 Å². The molecule has 7 nitrogen and oxygen atoms in total. The Hall–Kier alpha value is -4.13. The first-order valence-electron chi connectivity index (χ1n) is 14.1. The van der Waals surface area contributed by atoms with Crippen LogP contribution in [0.4, 0.5) is 5.69 Å². The molecule has 214 valence electrons. The lowest BCUT2D eigenvalue weighted by molar-refractivity contribution is -0.142. The normalized spacial score (nSPS) is 16.1. The van der Waals surface area contributed by atoms with Crippen molar-refractivity contribution in [3.63, 3.8) is 0 Å². The van der Waals surface area contributed by atoms with Gasteiger partial charge in [-0.25, -0.2) is 0 Å². The molecule has 2 aliphatic heterocycles. The summed E-state index contributed by atoms with van der Waals surface area (Å²) in [5.74, 6) is 0.905. The second-order valence-electron chi connectivity index (χ2n) is 12.0. The number of methoxy groups -OCH3 is 1. The summed E-state index contributed by atoms with van der Waals surface area (Å²) in [7, 11) is 1.63. The van der Waals surface area contributed by atoms with Crippen LogP contribution in [0.25, 0.3) is 11.1 Å². The molecule has 3 aromatic carbocycles. The molecule has 0 spiro atoms. The van der Waals surface area contributed by atoms with E-state index in [1.807, 2.05) is 37.3 Å². The van der Waals surface area contributed by atoms with E-state index >= 15 is 0 Å². The highest BCUT2D eigenvalue weighted by Crippen LogP contribution is 2.50. The maximum Gasteiger partial charge on any atom is 0.310 e. The lowest BCUT2D eigenvalue weighted by Crippen LogP contribution is -2.32. The number of nitrogens with one attached hydrogen (secondary N) is 1. The Balaban J connectivity index is 1.68. The number of esters is 1. The van der Waals surface area contributed by atoms with Crippen molar-refractivity contribution in [3.8, 4) is 22.6 Å². The van der Waals surface area contributed by atoms with Crippen molar-refractivity contribution in [3.05, 3.63) is 76.3 Å². The quantitative estimate of drug-likeness (QED) is 0.346. The van der Waals surface area contributed by atoms with Crippen LogP contribution in [0.5, 0.6) is 11.5 Å². The third-order valence-electron chi connectivity index (χ3n) is 7.47. The average molecular weight is 555 g/mol. The first kappa shape index (κ1) is 28.4. The fourth-order valence-corrected chi connectivity index (χ4v) is 5.95. The van der Waals surface area contributed by atoms with E-state index in [2.05, 4.69) is 51.2 Å². The topological polar surface area (TPSA) is 86.2 Å². The van der Waals surface area contributed by atoms with Crippen molar-refractivity contribution in [1.29, 1.82) is 0 Å². The molecule has 2 aliphatic rings.